The molecule has 2 rings (SSSR count). The molecule has 0 amide bonds. The lowest BCUT2D eigenvalue weighted by molar-refractivity contribution is -0.122. The summed E-state index contributed by atoms with van der Waals surface area (Å²) in [5.41, 5.74) is 0.377. The maximum atomic E-state index is 11.4. The van der Waals surface area contributed by atoms with E-state index in [9.17, 15) is 4.79 Å². The molecule has 2 saturated carbocycles. The first-order chi connectivity index (χ1) is 5.78. The van der Waals surface area contributed by atoms with Crippen molar-refractivity contribution < 1.29 is 4.79 Å². The van der Waals surface area contributed by atoms with E-state index < -0.39 is 0 Å². The highest BCUT2D eigenvalue weighted by Crippen LogP contribution is 2.62. The summed E-state index contributed by atoms with van der Waals surface area (Å²) < 4.78 is 0. The van der Waals surface area contributed by atoms with Gasteiger partial charge in [-0.3, -0.25) is 4.79 Å². The fourth-order valence-electron chi connectivity index (χ4n) is 2.59. The smallest absolute Gasteiger partial charge is 0.136 e. The molecule has 0 spiro atoms. The van der Waals surface area contributed by atoms with Crippen molar-refractivity contribution in [2.45, 2.75) is 38.5 Å². The third-order valence-electron chi connectivity index (χ3n) is 3.44. The Morgan fingerprint density at radius 1 is 1.67 bits per heavy atom. The van der Waals surface area contributed by atoms with Crippen molar-refractivity contribution in [1.29, 1.82) is 0 Å². The minimum absolute atomic E-state index is 0.377. The highest BCUT2D eigenvalue weighted by atomic mass is 16.1. The predicted molar refractivity (Wildman–Crippen MR) is 47.5 cm³/mol. The monoisotopic (exact) mass is 162 g/mol. The number of carbonyl (C=O) groups is 1. The van der Waals surface area contributed by atoms with Gasteiger partial charge >= 0.3 is 0 Å². The summed E-state index contributed by atoms with van der Waals surface area (Å²) in [7, 11) is 0. The van der Waals surface area contributed by atoms with Crippen molar-refractivity contribution >= 4 is 5.78 Å². The first-order valence-electron chi connectivity index (χ1n) is 4.75. The maximum absolute atomic E-state index is 11.4. The van der Waals surface area contributed by atoms with Gasteiger partial charge in [0.15, 0.2) is 0 Å². The second-order valence-electron chi connectivity index (χ2n) is 4.14. The van der Waals surface area contributed by atoms with Crippen molar-refractivity contribution in [3.05, 3.63) is 0 Å². The van der Waals surface area contributed by atoms with Crippen LogP contribution in [0.2, 0.25) is 0 Å². The Balaban J connectivity index is 1.98. The Bertz CT molecular complexity index is 248. The number of rotatable bonds is 2. The van der Waals surface area contributed by atoms with Gasteiger partial charge < -0.3 is 0 Å². The zero-order valence-corrected chi connectivity index (χ0v) is 7.31. The van der Waals surface area contributed by atoms with Crippen LogP contribution in [0.5, 0.6) is 0 Å². The van der Waals surface area contributed by atoms with E-state index in [1.54, 1.807) is 0 Å². The van der Waals surface area contributed by atoms with E-state index in [-0.39, 0.29) is 0 Å². The second kappa shape index (κ2) is 2.62. The number of fused-ring (bicyclic) bond motifs is 1. The first kappa shape index (κ1) is 7.86. The largest absolute Gasteiger partial charge is 0.299 e. The van der Waals surface area contributed by atoms with Crippen molar-refractivity contribution in [3.63, 3.8) is 0 Å². The molecule has 0 aromatic rings. The van der Waals surface area contributed by atoms with Gasteiger partial charge in [-0.05, 0) is 31.1 Å². The lowest BCUT2D eigenvalue weighted by Gasteiger charge is -2.19. The molecular formula is C11H14O. The van der Waals surface area contributed by atoms with E-state index in [0.29, 0.717) is 17.1 Å². The van der Waals surface area contributed by atoms with Gasteiger partial charge in [-0.2, -0.15) is 0 Å². The summed E-state index contributed by atoms with van der Waals surface area (Å²) in [5, 5.41) is 0. The van der Waals surface area contributed by atoms with Crippen molar-refractivity contribution in [2.24, 2.45) is 11.3 Å². The quantitative estimate of drug-likeness (QED) is 0.569. The Kier molecular flexibility index (Phi) is 1.72. The summed E-state index contributed by atoms with van der Waals surface area (Å²) >= 11 is 0. The number of ketones is 1. The SMILES string of the molecule is C#CCCC12CCCC(=O)C1C2. The summed E-state index contributed by atoms with van der Waals surface area (Å²) in [6.07, 6.45) is 11.4. The molecule has 0 aliphatic heterocycles. The van der Waals surface area contributed by atoms with Gasteiger partial charge in [-0.15, -0.1) is 12.3 Å². The van der Waals surface area contributed by atoms with Crippen LogP contribution in [-0.2, 0) is 4.79 Å². The van der Waals surface area contributed by atoms with Crippen LogP contribution in [0.3, 0.4) is 0 Å². The lowest BCUT2D eigenvalue weighted by Crippen LogP contribution is -2.17. The molecule has 2 aliphatic rings. The van der Waals surface area contributed by atoms with Gasteiger partial charge in [-0.1, -0.05) is 0 Å². The molecule has 2 unspecified atom stereocenters. The highest BCUT2D eigenvalue weighted by Gasteiger charge is 2.57. The van der Waals surface area contributed by atoms with Gasteiger partial charge in [0.2, 0.25) is 0 Å². The third-order valence-corrected chi connectivity index (χ3v) is 3.44. The Labute approximate surface area is 73.5 Å². The zero-order valence-electron chi connectivity index (χ0n) is 7.31. The maximum Gasteiger partial charge on any atom is 0.136 e. The van der Waals surface area contributed by atoms with Crippen molar-refractivity contribution in [3.8, 4) is 12.3 Å². The van der Waals surface area contributed by atoms with Crippen LogP contribution in [0, 0.1) is 23.7 Å². The van der Waals surface area contributed by atoms with Crippen LogP contribution in [0.25, 0.3) is 0 Å². The second-order valence-corrected chi connectivity index (χ2v) is 4.14. The van der Waals surface area contributed by atoms with E-state index >= 15 is 0 Å². The standard InChI is InChI=1S/C11H14O/c1-2-3-6-11-7-4-5-10(12)9(11)8-11/h1,9H,3-8H2. The zero-order chi connectivity index (χ0) is 8.60. The summed E-state index contributed by atoms with van der Waals surface area (Å²) in [6.45, 7) is 0. The van der Waals surface area contributed by atoms with Crippen LogP contribution in [0.4, 0.5) is 0 Å². The van der Waals surface area contributed by atoms with E-state index in [4.69, 9.17) is 6.42 Å². The molecule has 0 saturated heterocycles. The molecule has 0 N–H and O–H groups in total. The molecule has 1 heteroatoms. The molecule has 0 bridgehead atoms. The lowest BCUT2D eigenvalue weighted by atomic mass is 9.84. The number of Topliss-reactive ketones (excluding diaryl/α,β-unsaturated/α-hetero) is 1. The third kappa shape index (κ3) is 1.06. The van der Waals surface area contributed by atoms with Crippen LogP contribution < -0.4 is 0 Å². The van der Waals surface area contributed by atoms with E-state index in [1.165, 1.54) is 6.42 Å². The molecule has 12 heavy (non-hydrogen) atoms. The van der Waals surface area contributed by atoms with E-state index in [0.717, 1.165) is 32.1 Å². The van der Waals surface area contributed by atoms with Crippen molar-refractivity contribution in [1.82, 2.24) is 0 Å². The van der Waals surface area contributed by atoms with Crippen molar-refractivity contribution in [2.75, 3.05) is 0 Å². The molecule has 64 valence electrons. The van der Waals surface area contributed by atoms with E-state index in [1.807, 2.05) is 0 Å². The summed E-state index contributed by atoms with van der Waals surface area (Å²) in [6, 6.07) is 0. The molecule has 2 fully saturated rings. The van der Waals surface area contributed by atoms with Crippen LogP contribution in [0.15, 0.2) is 0 Å². The number of carbonyl (C=O) groups excluding carboxylic acids is 1. The van der Waals surface area contributed by atoms with Crippen LogP contribution in [-0.4, -0.2) is 5.78 Å². The Morgan fingerprint density at radius 2 is 2.50 bits per heavy atom. The number of hydrogen-bond acceptors (Lipinski definition) is 1. The normalized spacial score (nSPS) is 38.6. The fraction of sp³-hybridized carbons (Fsp3) is 0.727. The average Bonchev–Trinajstić information content (AvgIpc) is 2.78. The fourth-order valence-corrected chi connectivity index (χ4v) is 2.59. The molecule has 0 radical (unpaired) electrons. The molecule has 2 aliphatic carbocycles. The molecule has 0 aromatic heterocycles. The average molecular weight is 162 g/mol. The molecule has 2 atom stereocenters. The Hall–Kier alpha value is -0.770. The minimum atomic E-state index is 0.377. The molecular weight excluding hydrogens is 148 g/mol. The first-order valence-corrected chi connectivity index (χ1v) is 4.75. The van der Waals surface area contributed by atoms with Gasteiger partial charge in [0.25, 0.3) is 0 Å². The molecule has 1 nitrogen and oxygen atoms in total. The van der Waals surface area contributed by atoms with Gasteiger partial charge in [0.1, 0.15) is 5.78 Å². The predicted octanol–water partition coefficient (Wildman–Crippen LogP) is 2.16. The topological polar surface area (TPSA) is 17.1 Å². The minimum Gasteiger partial charge on any atom is -0.299 e. The Morgan fingerprint density at radius 3 is 3.25 bits per heavy atom. The van der Waals surface area contributed by atoms with Gasteiger partial charge in [0, 0.05) is 18.8 Å². The molecule has 0 heterocycles. The van der Waals surface area contributed by atoms with Gasteiger partial charge in [-0.25, -0.2) is 0 Å². The van der Waals surface area contributed by atoms with E-state index in [2.05, 4.69) is 5.92 Å². The highest BCUT2D eigenvalue weighted by molar-refractivity contribution is 5.85. The van der Waals surface area contributed by atoms with Gasteiger partial charge in [0.05, 0.1) is 0 Å². The number of hydrogen-bond donors (Lipinski definition) is 0. The molecule has 0 aromatic carbocycles. The number of terminal acetylenes is 1. The summed E-state index contributed by atoms with van der Waals surface area (Å²) in [5.74, 6) is 3.57. The van der Waals surface area contributed by atoms with Crippen LogP contribution >= 0.6 is 0 Å². The summed E-state index contributed by atoms with van der Waals surface area (Å²) in [4.78, 5) is 11.4. The van der Waals surface area contributed by atoms with Crippen LogP contribution in [0.1, 0.15) is 38.5 Å².